The molecule has 0 saturated carbocycles. The maximum atomic E-state index is 11.9. The number of hydrogen-bond donors (Lipinski definition) is 3. The summed E-state index contributed by atoms with van der Waals surface area (Å²) >= 11 is 3.50. The van der Waals surface area contributed by atoms with Crippen LogP contribution in [0.3, 0.4) is 0 Å². The second-order valence-corrected chi connectivity index (χ2v) is 5.40. The van der Waals surface area contributed by atoms with Crippen molar-refractivity contribution < 1.29 is 15.0 Å². The van der Waals surface area contributed by atoms with Crippen LogP contribution in [0, 0.1) is 0 Å². The second-order valence-electron chi connectivity index (χ2n) is 4.29. The van der Waals surface area contributed by atoms with Crippen molar-refractivity contribution in [2.45, 2.75) is 4.83 Å². The molecule has 0 aliphatic rings. The molecule has 0 bridgehead atoms. The molecule has 0 saturated heterocycles. The zero-order valence-corrected chi connectivity index (χ0v) is 12.2. The molecule has 5 heteroatoms. The number of carbonyl (C=O) groups is 1. The first-order chi connectivity index (χ1) is 9.58. The van der Waals surface area contributed by atoms with Crippen LogP contribution in [0.25, 0.3) is 0 Å². The van der Waals surface area contributed by atoms with Crippen molar-refractivity contribution in [1.29, 1.82) is 0 Å². The Morgan fingerprint density at radius 2 is 1.85 bits per heavy atom. The lowest BCUT2D eigenvalue weighted by Crippen LogP contribution is -2.26. The van der Waals surface area contributed by atoms with Crippen LogP contribution in [0.1, 0.15) is 20.7 Å². The fraction of sp³-hybridized carbons (Fsp3) is 0.133. The summed E-state index contributed by atoms with van der Waals surface area (Å²) in [6, 6.07) is 13.6. The number of phenolic OH excluding ortho intramolecular Hbond substituents is 2. The van der Waals surface area contributed by atoms with Crippen LogP contribution in [-0.2, 0) is 0 Å². The predicted molar refractivity (Wildman–Crippen MR) is 80.2 cm³/mol. The van der Waals surface area contributed by atoms with E-state index in [0.717, 1.165) is 11.6 Å². The Bertz CT molecular complexity index is 601. The molecule has 0 aromatic heterocycles. The van der Waals surface area contributed by atoms with Gasteiger partial charge in [0.2, 0.25) is 0 Å². The predicted octanol–water partition coefficient (Wildman–Crippen LogP) is 2.96. The molecule has 3 N–H and O–H groups in total. The van der Waals surface area contributed by atoms with E-state index in [-0.39, 0.29) is 27.8 Å². The first-order valence-corrected chi connectivity index (χ1v) is 6.98. The number of carbonyl (C=O) groups excluding carboxylic acids is 1. The van der Waals surface area contributed by atoms with Crippen LogP contribution in [0.2, 0.25) is 0 Å². The van der Waals surface area contributed by atoms with E-state index in [1.165, 1.54) is 12.1 Å². The summed E-state index contributed by atoms with van der Waals surface area (Å²) < 4.78 is 0. The smallest absolute Gasteiger partial charge is 0.255 e. The van der Waals surface area contributed by atoms with Gasteiger partial charge in [0, 0.05) is 12.6 Å². The summed E-state index contributed by atoms with van der Waals surface area (Å²) in [4.78, 5) is 11.9. The highest BCUT2D eigenvalue weighted by Crippen LogP contribution is 2.24. The summed E-state index contributed by atoms with van der Waals surface area (Å²) in [6.45, 7) is 0.392. The van der Waals surface area contributed by atoms with E-state index in [9.17, 15) is 15.0 Å². The summed E-state index contributed by atoms with van der Waals surface area (Å²) in [5.74, 6) is -0.710. The topological polar surface area (TPSA) is 69.6 Å². The van der Waals surface area contributed by atoms with Gasteiger partial charge in [0.1, 0.15) is 11.5 Å². The fourth-order valence-corrected chi connectivity index (χ4v) is 2.24. The van der Waals surface area contributed by atoms with Crippen LogP contribution >= 0.6 is 15.9 Å². The molecule has 0 fully saturated rings. The minimum absolute atomic E-state index is 0.00749. The highest BCUT2D eigenvalue weighted by molar-refractivity contribution is 9.09. The van der Waals surface area contributed by atoms with Gasteiger partial charge in [-0.1, -0.05) is 46.3 Å². The van der Waals surface area contributed by atoms with E-state index in [4.69, 9.17) is 0 Å². The van der Waals surface area contributed by atoms with Crippen molar-refractivity contribution in [3.05, 3.63) is 59.7 Å². The lowest BCUT2D eigenvalue weighted by atomic mass is 10.1. The number of benzene rings is 2. The van der Waals surface area contributed by atoms with E-state index in [0.29, 0.717) is 6.54 Å². The Labute approximate surface area is 125 Å². The summed E-state index contributed by atoms with van der Waals surface area (Å²) in [5.41, 5.74) is 1.19. The van der Waals surface area contributed by atoms with Crippen molar-refractivity contribution in [3.8, 4) is 11.5 Å². The van der Waals surface area contributed by atoms with Crippen LogP contribution in [-0.4, -0.2) is 22.7 Å². The Balaban J connectivity index is 1.99. The van der Waals surface area contributed by atoms with Gasteiger partial charge < -0.3 is 15.5 Å². The van der Waals surface area contributed by atoms with E-state index < -0.39 is 0 Å². The zero-order valence-electron chi connectivity index (χ0n) is 10.6. The van der Waals surface area contributed by atoms with Gasteiger partial charge in [-0.2, -0.15) is 0 Å². The van der Waals surface area contributed by atoms with Crippen molar-refractivity contribution in [3.63, 3.8) is 0 Å². The number of hydrogen-bond acceptors (Lipinski definition) is 3. The molecule has 2 aromatic rings. The molecule has 1 atom stereocenters. The van der Waals surface area contributed by atoms with Crippen LogP contribution in [0.5, 0.6) is 11.5 Å². The fourth-order valence-electron chi connectivity index (χ4n) is 1.77. The van der Waals surface area contributed by atoms with Gasteiger partial charge >= 0.3 is 0 Å². The molecule has 1 amide bonds. The third-order valence-corrected chi connectivity index (χ3v) is 3.68. The first kappa shape index (κ1) is 14.4. The van der Waals surface area contributed by atoms with Crippen LogP contribution < -0.4 is 5.32 Å². The van der Waals surface area contributed by atoms with Crippen molar-refractivity contribution in [2.24, 2.45) is 0 Å². The Morgan fingerprint density at radius 1 is 1.15 bits per heavy atom. The number of alkyl halides is 1. The summed E-state index contributed by atoms with van der Waals surface area (Å²) in [5, 5.41) is 21.5. The van der Waals surface area contributed by atoms with Crippen LogP contribution in [0.4, 0.5) is 0 Å². The van der Waals surface area contributed by atoms with Gasteiger partial charge in [-0.15, -0.1) is 0 Å². The summed E-state index contributed by atoms with van der Waals surface area (Å²) in [6.07, 6.45) is 0. The third-order valence-electron chi connectivity index (χ3n) is 2.83. The molecule has 0 aliphatic heterocycles. The average molecular weight is 336 g/mol. The van der Waals surface area contributed by atoms with E-state index >= 15 is 0 Å². The largest absolute Gasteiger partial charge is 0.508 e. The normalized spacial score (nSPS) is 11.8. The first-order valence-electron chi connectivity index (χ1n) is 6.07. The van der Waals surface area contributed by atoms with E-state index in [1.54, 1.807) is 0 Å². The van der Waals surface area contributed by atoms with Gasteiger partial charge in [-0.3, -0.25) is 4.79 Å². The van der Waals surface area contributed by atoms with Crippen molar-refractivity contribution in [2.75, 3.05) is 6.54 Å². The molecular weight excluding hydrogens is 322 g/mol. The van der Waals surface area contributed by atoms with Gasteiger partial charge in [0.15, 0.2) is 0 Å². The van der Waals surface area contributed by atoms with E-state index in [2.05, 4.69) is 21.2 Å². The Kier molecular flexibility index (Phi) is 4.63. The number of amides is 1. The molecule has 1 unspecified atom stereocenters. The number of aromatic hydroxyl groups is 2. The molecule has 0 spiro atoms. The van der Waals surface area contributed by atoms with Gasteiger partial charge in [0.05, 0.1) is 10.4 Å². The lowest BCUT2D eigenvalue weighted by Gasteiger charge is -2.12. The monoisotopic (exact) mass is 335 g/mol. The zero-order chi connectivity index (χ0) is 14.5. The molecule has 0 aliphatic carbocycles. The quantitative estimate of drug-likeness (QED) is 0.752. The average Bonchev–Trinajstić information content (AvgIpc) is 2.45. The molecule has 2 aromatic carbocycles. The Hall–Kier alpha value is -2.01. The molecule has 2 rings (SSSR count). The molecule has 4 nitrogen and oxygen atoms in total. The molecular formula is C15H14BrNO3. The minimum atomic E-state index is -0.386. The standard InChI is InChI=1S/C15H14BrNO3/c16-13(10-4-2-1-3-5-10)9-17-15(20)12-7-6-11(18)8-14(12)19/h1-8,13,18-19H,9H2,(H,17,20). The highest BCUT2D eigenvalue weighted by Gasteiger charge is 2.13. The number of halogens is 1. The number of phenols is 2. The van der Waals surface area contributed by atoms with Crippen molar-refractivity contribution >= 4 is 21.8 Å². The lowest BCUT2D eigenvalue weighted by molar-refractivity contribution is 0.0951. The Morgan fingerprint density at radius 3 is 2.50 bits per heavy atom. The second kappa shape index (κ2) is 6.43. The van der Waals surface area contributed by atoms with Gasteiger partial charge in [0.25, 0.3) is 5.91 Å². The van der Waals surface area contributed by atoms with Gasteiger partial charge in [-0.25, -0.2) is 0 Å². The van der Waals surface area contributed by atoms with Crippen molar-refractivity contribution in [1.82, 2.24) is 5.32 Å². The minimum Gasteiger partial charge on any atom is -0.508 e. The SMILES string of the molecule is O=C(NCC(Br)c1ccccc1)c1ccc(O)cc1O. The molecule has 0 radical (unpaired) electrons. The molecule has 104 valence electrons. The number of nitrogens with one attached hydrogen (secondary N) is 1. The molecule has 0 heterocycles. The maximum Gasteiger partial charge on any atom is 0.255 e. The maximum absolute atomic E-state index is 11.9. The summed E-state index contributed by atoms with van der Waals surface area (Å²) in [7, 11) is 0. The van der Waals surface area contributed by atoms with E-state index in [1.807, 2.05) is 30.3 Å². The third kappa shape index (κ3) is 3.51. The van der Waals surface area contributed by atoms with Gasteiger partial charge in [-0.05, 0) is 17.7 Å². The van der Waals surface area contributed by atoms with Crippen LogP contribution in [0.15, 0.2) is 48.5 Å². The highest BCUT2D eigenvalue weighted by atomic mass is 79.9. The molecule has 20 heavy (non-hydrogen) atoms. The number of rotatable bonds is 4.